The molecule has 1 aromatic rings. The van der Waals surface area contributed by atoms with Gasteiger partial charge in [0.05, 0.1) is 12.1 Å². The van der Waals surface area contributed by atoms with Gasteiger partial charge in [-0.1, -0.05) is 6.92 Å². The van der Waals surface area contributed by atoms with E-state index in [9.17, 15) is 4.79 Å². The molecule has 100 valence electrons. The Morgan fingerprint density at radius 1 is 1.39 bits per heavy atom. The van der Waals surface area contributed by atoms with Crippen molar-refractivity contribution in [2.24, 2.45) is 5.92 Å². The van der Waals surface area contributed by atoms with Crippen molar-refractivity contribution in [1.82, 2.24) is 15.1 Å². The lowest BCUT2D eigenvalue weighted by Crippen LogP contribution is -2.45. The summed E-state index contributed by atoms with van der Waals surface area (Å²) in [6.45, 7) is 9.20. The molecule has 1 aliphatic rings. The van der Waals surface area contributed by atoms with Gasteiger partial charge in [0, 0.05) is 23.8 Å². The molecule has 4 heteroatoms. The Morgan fingerprint density at radius 2 is 2.11 bits per heavy atom. The molecule has 1 fully saturated rings. The van der Waals surface area contributed by atoms with Crippen LogP contribution in [0.5, 0.6) is 0 Å². The van der Waals surface area contributed by atoms with Crippen molar-refractivity contribution in [3.63, 3.8) is 0 Å². The molecule has 0 radical (unpaired) electrons. The number of aromatic nitrogens is 2. The Balaban J connectivity index is 2.07. The molecule has 0 aromatic carbocycles. The summed E-state index contributed by atoms with van der Waals surface area (Å²) in [6, 6.07) is 0.376. The van der Waals surface area contributed by atoms with Gasteiger partial charge in [-0.25, -0.2) is 0 Å². The molecule has 0 saturated carbocycles. The van der Waals surface area contributed by atoms with Crippen LogP contribution in [0.3, 0.4) is 0 Å². The number of hydrogen-bond acceptors (Lipinski definition) is 2. The summed E-state index contributed by atoms with van der Waals surface area (Å²) >= 11 is 0. The van der Waals surface area contributed by atoms with E-state index in [2.05, 4.69) is 24.0 Å². The van der Waals surface area contributed by atoms with Gasteiger partial charge in [-0.3, -0.25) is 9.89 Å². The van der Waals surface area contributed by atoms with Gasteiger partial charge in [-0.2, -0.15) is 5.10 Å². The number of hydrogen-bond donors (Lipinski definition) is 1. The highest BCUT2D eigenvalue weighted by molar-refractivity contribution is 5.79. The van der Waals surface area contributed by atoms with Gasteiger partial charge in [-0.05, 0) is 39.5 Å². The molecule has 18 heavy (non-hydrogen) atoms. The molecule has 1 aliphatic heterocycles. The minimum atomic E-state index is 0.238. The van der Waals surface area contributed by atoms with Crippen molar-refractivity contribution in [2.45, 2.75) is 53.0 Å². The minimum Gasteiger partial charge on any atom is -0.339 e. The predicted molar refractivity (Wildman–Crippen MR) is 71.3 cm³/mol. The molecule has 0 aliphatic carbocycles. The highest BCUT2D eigenvalue weighted by Gasteiger charge is 2.27. The average Bonchev–Trinajstić information content (AvgIpc) is 2.64. The number of likely N-dealkylation sites (tertiary alicyclic amines) is 1. The molecular weight excluding hydrogens is 226 g/mol. The second-order valence-electron chi connectivity index (χ2n) is 5.67. The first-order valence-electron chi connectivity index (χ1n) is 6.79. The second kappa shape index (κ2) is 5.12. The lowest BCUT2D eigenvalue weighted by atomic mass is 9.94. The van der Waals surface area contributed by atoms with E-state index in [0.29, 0.717) is 18.4 Å². The van der Waals surface area contributed by atoms with Crippen LogP contribution in [0, 0.1) is 19.8 Å². The van der Waals surface area contributed by atoms with Crippen LogP contribution in [0.4, 0.5) is 0 Å². The predicted octanol–water partition coefficient (Wildman–Crippen LogP) is 2.22. The van der Waals surface area contributed by atoms with Crippen LogP contribution in [0.25, 0.3) is 0 Å². The summed E-state index contributed by atoms with van der Waals surface area (Å²) in [7, 11) is 0. The molecule has 0 spiro atoms. The zero-order chi connectivity index (χ0) is 13.3. The summed E-state index contributed by atoms with van der Waals surface area (Å²) < 4.78 is 0. The van der Waals surface area contributed by atoms with Gasteiger partial charge < -0.3 is 4.90 Å². The van der Waals surface area contributed by atoms with E-state index in [-0.39, 0.29) is 5.91 Å². The molecule has 2 atom stereocenters. The SMILES string of the molecule is Cc1n[nH]c(C)c1CC(=O)N1CC(C)CCC1C. The van der Waals surface area contributed by atoms with Crippen LogP contribution in [-0.4, -0.2) is 33.6 Å². The first-order valence-corrected chi connectivity index (χ1v) is 6.79. The zero-order valence-electron chi connectivity index (χ0n) is 11.8. The van der Waals surface area contributed by atoms with Gasteiger partial charge in [0.15, 0.2) is 0 Å². The maximum Gasteiger partial charge on any atom is 0.227 e. The number of carbonyl (C=O) groups is 1. The Kier molecular flexibility index (Phi) is 3.73. The topological polar surface area (TPSA) is 49.0 Å². The number of nitrogens with zero attached hydrogens (tertiary/aromatic N) is 2. The lowest BCUT2D eigenvalue weighted by molar-refractivity contribution is -0.134. The molecule has 2 heterocycles. The molecule has 2 unspecified atom stereocenters. The van der Waals surface area contributed by atoms with E-state index in [4.69, 9.17) is 0 Å². The van der Waals surface area contributed by atoms with E-state index >= 15 is 0 Å². The Morgan fingerprint density at radius 3 is 2.72 bits per heavy atom. The largest absolute Gasteiger partial charge is 0.339 e. The molecule has 1 N–H and O–H groups in total. The summed E-state index contributed by atoms with van der Waals surface area (Å²) in [5.74, 6) is 0.860. The maximum atomic E-state index is 12.4. The smallest absolute Gasteiger partial charge is 0.227 e. The van der Waals surface area contributed by atoms with Crippen molar-refractivity contribution in [1.29, 1.82) is 0 Å². The van der Waals surface area contributed by atoms with Crippen LogP contribution in [0.2, 0.25) is 0 Å². The zero-order valence-corrected chi connectivity index (χ0v) is 11.8. The fourth-order valence-electron chi connectivity index (χ4n) is 2.72. The third-order valence-corrected chi connectivity index (χ3v) is 4.05. The third kappa shape index (κ3) is 2.57. The molecule has 1 saturated heterocycles. The number of rotatable bonds is 2. The van der Waals surface area contributed by atoms with Crippen molar-refractivity contribution in [3.05, 3.63) is 17.0 Å². The van der Waals surface area contributed by atoms with E-state index in [1.54, 1.807) is 0 Å². The number of piperidine rings is 1. The van der Waals surface area contributed by atoms with Gasteiger partial charge in [0.1, 0.15) is 0 Å². The number of amides is 1. The molecular formula is C14H23N3O. The van der Waals surface area contributed by atoms with Crippen molar-refractivity contribution in [2.75, 3.05) is 6.54 Å². The van der Waals surface area contributed by atoms with Gasteiger partial charge in [0.25, 0.3) is 0 Å². The van der Waals surface area contributed by atoms with Crippen LogP contribution in [-0.2, 0) is 11.2 Å². The van der Waals surface area contributed by atoms with Crippen LogP contribution < -0.4 is 0 Å². The highest BCUT2D eigenvalue weighted by Crippen LogP contribution is 2.22. The van der Waals surface area contributed by atoms with Crippen LogP contribution >= 0.6 is 0 Å². The Labute approximate surface area is 109 Å². The van der Waals surface area contributed by atoms with Crippen molar-refractivity contribution >= 4 is 5.91 Å². The number of aromatic amines is 1. The van der Waals surface area contributed by atoms with E-state index in [1.165, 1.54) is 6.42 Å². The van der Waals surface area contributed by atoms with E-state index in [1.807, 2.05) is 18.7 Å². The Hall–Kier alpha value is -1.32. The normalized spacial score (nSPS) is 24.3. The van der Waals surface area contributed by atoms with Crippen molar-refractivity contribution in [3.8, 4) is 0 Å². The minimum absolute atomic E-state index is 0.238. The summed E-state index contributed by atoms with van der Waals surface area (Å²) in [6.07, 6.45) is 2.83. The van der Waals surface area contributed by atoms with E-state index in [0.717, 1.165) is 29.9 Å². The second-order valence-corrected chi connectivity index (χ2v) is 5.67. The number of aryl methyl sites for hydroxylation is 2. The number of nitrogens with one attached hydrogen (secondary N) is 1. The molecule has 1 aromatic heterocycles. The van der Waals surface area contributed by atoms with Crippen molar-refractivity contribution < 1.29 is 4.79 Å². The number of carbonyl (C=O) groups excluding carboxylic acids is 1. The standard InChI is InChI=1S/C14H23N3O/c1-9-5-6-10(2)17(8-9)14(18)7-13-11(3)15-16-12(13)4/h9-10H,5-8H2,1-4H3,(H,15,16). The molecule has 1 amide bonds. The average molecular weight is 249 g/mol. The summed E-state index contributed by atoms with van der Waals surface area (Å²) in [5.41, 5.74) is 3.02. The lowest BCUT2D eigenvalue weighted by Gasteiger charge is -2.37. The first-order chi connectivity index (χ1) is 8.49. The molecule has 4 nitrogen and oxygen atoms in total. The van der Waals surface area contributed by atoms with Gasteiger partial charge in [0.2, 0.25) is 5.91 Å². The van der Waals surface area contributed by atoms with Crippen LogP contribution in [0.15, 0.2) is 0 Å². The molecule has 2 rings (SSSR count). The summed E-state index contributed by atoms with van der Waals surface area (Å²) in [5, 5.41) is 7.10. The quantitative estimate of drug-likeness (QED) is 0.873. The van der Waals surface area contributed by atoms with Gasteiger partial charge >= 0.3 is 0 Å². The fourth-order valence-corrected chi connectivity index (χ4v) is 2.72. The summed E-state index contributed by atoms with van der Waals surface area (Å²) in [4.78, 5) is 14.5. The fraction of sp³-hybridized carbons (Fsp3) is 0.714. The monoisotopic (exact) mass is 249 g/mol. The third-order valence-electron chi connectivity index (χ3n) is 4.05. The van der Waals surface area contributed by atoms with E-state index < -0.39 is 0 Å². The van der Waals surface area contributed by atoms with Gasteiger partial charge in [-0.15, -0.1) is 0 Å². The number of H-pyrrole nitrogens is 1. The first kappa shape index (κ1) is 13.1. The Bertz CT molecular complexity index is 419. The highest BCUT2D eigenvalue weighted by atomic mass is 16.2. The molecule has 0 bridgehead atoms. The van der Waals surface area contributed by atoms with Crippen LogP contribution in [0.1, 0.15) is 43.6 Å². The maximum absolute atomic E-state index is 12.4.